The molecule has 1 heterocycles. The van der Waals surface area contributed by atoms with Gasteiger partial charge >= 0.3 is 0 Å². The van der Waals surface area contributed by atoms with Gasteiger partial charge in [-0.1, -0.05) is 35.1 Å². The fraction of sp³-hybridized carbons (Fsp3) is 0.286. The lowest BCUT2D eigenvalue weighted by molar-refractivity contribution is 0.746. The first-order valence-corrected chi connectivity index (χ1v) is 7.56. The molecule has 0 aliphatic heterocycles. The summed E-state index contributed by atoms with van der Waals surface area (Å²) in [6.07, 6.45) is 2.95. The molecule has 2 aromatic rings. The summed E-state index contributed by atoms with van der Waals surface area (Å²) in [5.41, 5.74) is 9.84. The summed E-state index contributed by atoms with van der Waals surface area (Å²) in [5.74, 6) is 0. The highest BCUT2D eigenvalue weighted by Gasteiger charge is 2.09. The Labute approximate surface area is 132 Å². The van der Waals surface area contributed by atoms with Crippen LogP contribution in [0.5, 0.6) is 0 Å². The van der Waals surface area contributed by atoms with Crippen LogP contribution >= 0.6 is 28.1 Å². The van der Waals surface area contributed by atoms with Crippen LogP contribution < -0.4 is 11.1 Å². The smallest absolute Gasteiger partial charge is 0.106 e. The molecule has 0 saturated heterocycles. The monoisotopic (exact) mass is 352 g/mol. The number of nitrogens with two attached hydrogens (primary N) is 1. The zero-order valence-electron chi connectivity index (χ0n) is 11.5. The highest BCUT2D eigenvalue weighted by atomic mass is 79.9. The number of aryl methyl sites for hydroxylation is 2. The molecule has 0 saturated carbocycles. The number of nitrogens with zero attached hydrogens (tertiary/aromatic N) is 2. The molecule has 0 amide bonds. The molecule has 0 atom stereocenters. The summed E-state index contributed by atoms with van der Waals surface area (Å²) in [7, 11) is 1.93. The molecule has 4 nitrogen and oxygen atoms in total. The molecule has 106 valence electrons. The first-order valence-electron chi connectivity index (χ1n) is 6.36. The van der Waals surface area contributed by atoms with Gasteiger partial charge in [0, 0.05) is 41.1 Å². The topological polar surface area (TPSA) is 55.9 Å². The number of anilines is 1. The average molecular weight is 353 g/mol. The number of halogens is 1. The lowest BCUT2D eigenvalue weighted by Crippen LogP contribution is -2.13. The third kappa shape index (κ3) is 3.37. The number of rotatable bonds is 5. The number of thiocarbonyl (C=S) groups is 1. The number of aromatic nitrogens is 2. The molecule has 6 heteroatoms. The lowest BCUT2D eigenvalue weighted by Gasteiger charge is -2.11. The SMILES string of the molecule is CCc1nn(C)cc1CNc1ccc(Br)cc1C(N)=S. The van der Waals surface area contributed by atoms with Crippen molar-refractivity contribution in [1.82, 2.24) is 9.78 Å². The van der Waals surface area contributed by atoms with E-state index in [9.17, 15) is 0 Å². The Bertz CT molecular complexity index is 636. The van der Waals surface area contributed by atoms with Gasteiger partial charge in [0.2, 0.25) is 0 Å². The third-order valence-electron chi connectivity index (χ3n) is 3.04. The van der Waals surface area contributed by atoms with E-state index in [0.717, 1.165) is 27.8 Å². The predicted octanol–water partition coefficient (Wildman–Crippen LogP) is 2.99. The van der Waals surface area contributed by atoms with Crippen LogP contribution in [-0.4, -0.2) is 14.8 Å². The van der Waals surface area contributed by atoms with Crippen LogP contribution in [0.1, 0.15) is 23.7 Å². The van der Waals surface area contributed by atoms with E-state index in [1.807, 2.05) is 36.1 Å². The van der Waals surface area contributed by atoms with Gasteiger partial charge in [-0.25, -0.2) is 0 Å². The van der Waals surface area contributed by atoms with Gasteiger partial charge in [0.05, 0.1) is 5.69 Å². The van der Waals surface area contributed by atoms with Gasteiger partial charge < -0.3 is 11.1 Å². The molecule has 2 rings (SSSR count). The molecule has 0 aliphatic rings. The lowest BCUT2D eigenvalue weighted by atomic mass is 10.1. The van der Waals surface area contributed by atoms with E-state index < -0.39 is 0 Å². The van der Waals surface area contributed by atoms with Crippen LogP contribution in [0.15, 0.2) is 28.9 Å². The van der Waals surface area contributed by atoms with Gasteiger partial charge in [-0.15, -0.1) is 0 Å². The van der Waals surface area contributed by atoms with Crippen LogP contribution in [0.4, 0.5) is 5.69 Å². The Hall–Kier alpha value is -1.40. The van der Waals surface area contributed by atoms with E-state index in [4.69, 9.17) is 18.0 Å². The maximum absolute atomic E-state index is 5.77. The van der Waals surface area contributed by atoms with Crippen LogP contribution in [0.2, 0.25) is 0 Å². The molecule has 0 fully saturated rings. The van der Waals surface area contributed by atoms with Gasteiger partial charge in [-0.05, 0) is 24.6 Å². The summed E-state index contributed by atoms with van der Waals surface area (Å²) in [6.45, 7) is 2.81. The molecule has 0 radical (unpaired) electrons. The fourth-order valence-corrected chi connectivity index (χ4v) is 2.62. The highest BCUT2D eigenvalue weighted by Crippen LogP contribution is 2.22. The first kappa shape index (κ1) is 15.0. The van der Waals surface area contributed by atoms with Gasteiger partial charge in [-0.2, -0.15) is 5.10 Å². The Balaban J connectivity index is 2.20. The van der Waals surface area contributed by atoms with E-state index >= 15 is 0 Å². The molecule has 3 N–H and O–H groups in total. The fourth-order valence-electron chi connectivity index (χ4n) is 2.09. The zero-order valence-corrected chi connectivity index (χ0v) is 13.9. The molecule has 1 aromatic heterocycles. The average Bonchev–Trinajstić information content (AvgIpc) is 2.77. The van der Waals surface area contributed by atoms with Crippen molar-refractivity contribution in [2.45, 2.75) is 19.9 Å². The standard InChI is InChI=1S/C14H17BrN4S/c1-3-12-9(8-19(2)18-12)7-17-13-5-4-10(15)6-11(13)14(16)20/h4-6,8,17H,3,7H2,1-2H3,(H2,16,20). The van der Waals surface area contributed by atoms with Crippen molar-refractivity contribution < 1.29 is 0 Å². The van der Waals surface area contributed by atoms with E-state index in [2.05, 4.69) is 33.3 Å². The van der Waals surface area contributed by atoms with Gasteiger partial charge in [0.1, 0.15) is 4.99 Å². The minimum absolute atomic E-state index is 0.385. The summed E-state index contributed by atoms with van der Waals surface area (Å²) >= 11 is 8.52. The Morgan fingerprint density at radius 3 is 2.90 bits per heavy atom. The van der Waals surface area contributed by atoms with Crippen LogP contribution in [0.3, 0.4) is 0 Å². The third-order valence-corrected chi connectivity index (χ3v) is 3.76. The van der Waals surface area contributed by atoms with E-state index in [1.54, 1.807) is 0 Å². The summed E-state index contributed by atoms with van der Waals surface area (Å²) < 4.78 is 2.80. The molecule has 0 aliphatic carbocycles. The van der Waals surface area contributed by atoms with Gasteiger partial charge in [-0.3, -0.25) is 4.68 Å². The second-order valence-electron chi connectivity index (χ2n) is 4.54. The van der Waals surface area contributed by atoms with Crippen LogP contribution in [-0.2, 0) is 20.0 Å². The highest BCUT2D eigenvalue weighted by molar-refractivity contribution is 9.10. The van der Waals surface area contributed by atoms with Crippen molar-refractivity contribution in [3.8, 4) is 0 Å². The Morgan fingerprint density at radius 2 is 2.25 bits per heavy atom. The molecular weight excluding hydrogens is 336 g/mol. The van der Waals surface area contributed by atoms with Crippen molar-refractivity contribution in [2.24, 2.45) is 12.8 Å². The largest absolute Gasteiger partial charge is 0.389 e. The van der Waals surface area contributed by atoms with Gasteiger partial charge in [0.25, 0.3) is 0 Å². The number of hydrogen-bond acceptors (Lipinski definition) is 3. The van der Waals surface area contributed by atoms with E-state index in [1.165, 1.54) is 5.56 Å². The zero-order chi connectivity index (χ0) is 14.7. The van der Waals surface area contributed by atoms with Gasteiger partial charge in [0.15, 0.2) is 0 Å². The quantitative estimate of drug-likeness (QED) is 0.812. The van der Waals surface area contributed by atoms with Crippen molar-refractivity contribution in [1.29, 1.82) is 0 Å². The molecule has 0 bridgehead atoms. The molecule has 0 spiro atoms. The number of benzene rings is 1. The molecule has 1 aromatic carbocycles. The normalized spacial score (nSPS) is 10.6. The molecular formula is C14H17BrN4S. The van der Waals surface area contributed by atoms with Crippen molar-refractivity contribution >= 4 is 38.8 Å². The van der Waals surface area contributed by atoms with Crippen molar-refractivity contribution in [3.05, 3.63) is 45.7 Å². The van der Waals surface area contributed by atoms with Crippen LogP contribution in [0, 0.1) is 0 Å². The minimum atomic E-state index is 0.385. The second-order valence-corrected chi connectivity index (χ2v) is 5.89. The number of hydrogen-bond donors (Lipinski definition) is 2. The van der Waals surface area contributed by atoms with Crippen molar-refractivity contribution in [2.75, 3.05) is 5.32 Å². The second kappa shape index (κ2) is 6.37. The minimum Gasteiger partial charge on any atom is -0.389 e. The summed E-state index contributed by atoms with van der Waals surface area (Å²) in [5, 5.41) is 7.82. The first-order chi connectivity index (χ1) is 9.51. The Morgan fingerprint density at radius 1 is 1.50 bits per heavy atom. The number of nitrogens with one attached hydrogen (secondary N) is 1. The molecule has 20 heavy (non-hydrogen) atoms. The van der Waals surface area contributed by atoms with E-state index in [-0.39, 0.29) is 0 Å². The van der Waals surface area contributed by atoms with Crippen molar-refractivity contribution in [3.63, 3.8) is 0 Å². The maximum atomic E-state index is 5.77. The summed E-state index contributed by atoms with van der Waals surface area (Å²) in [4.78, 5) is 0.385. The van der Waals surface area contributed by atoms with Crippen LogP contribution in [0.25, 0.3) is 0 Å². The molecule has 0 unspecified atom stereocenters. The Kier molecular flexibility index (Phi) is 4.77. The van der Waals surface area contributed by atoms with E-state index in [0.29, 0.717) is 11.5 Å². The predicted molar refractivity (Wildman–Crippen MR) is 89.9 cm³/mol. The maximum Gasteiger partial charge on any atom is 0.106 e. The summed E-state index contributed by atoms with van der Waals surface area (Å²) in [6, 6.07) is 5.86.